The predicted molar refractivity (Wildman–Crippen MR) is 64.3 cm³/mol. The summed E-state index contributed by atoms with van der Waals surface area (Å²) in [5.74, 6) is -1.17. The Kier molecular flexibility index (Phi) is 3.72. The van der Waals surface area contributed by atoms with Crippen LogP contribution in [-0.2, 0) is 4.79 Å². The van der Waals surface area contributed by atoms with Crippen LogP contribution < -0.4 is 15.2 Å². The van der Waals surface area contributed by atoms with Gasteiger partial charge in [0.15, 0.2) is 11.5 Å². The van der Waals surface area contributed by atoms with Crippen molar-refractivity contribution in [3.8, 4) is 11.5 Å². The molecular formula is C11H11BrFNO4. The molecular weight excluding hydrogens is 309 g/mol. The van der Waals surface area contributed by atoms with Crippen LogP contribution in [0.15, 0.2) is 10.5 Å². The van der Waals surface area contributed by atoms with E-state index < -0.39 is 17.8 Å². The fourth-order valence-corrected chi connectivity index (χ4v) is 2.20. The third kappa shape index (κ3) is 2.41. The number of carbonyl (C=O) groups is 1. The quantitative estimate of drug-likeness (QED) is 0.888. The third-order valence-electron chi connectivity index (χ3n) is 2.53. The van der Waals surface area contributed by atoms with E-state index in [1.54, 1.807) is 0 Å². The molecule has 1 aliphatic rings. The molecule has 5 nitrogen and oxygen atoms in total. The molecule has 0 fully saturated rings. The van der Waals surface area contributed by atoms with Gasteiger partial charge in [-0.25, -0.2) is 4.39 Å². The second-order valence-corrected chi connectivity index (χ2v) is 4.67. The monoisotopic (exact) mass is 319 g/mol. The van der Waals surface area contributed by atoms with E-state index in [1.807, 2.05) is 0 Å². The average Bonchev–Trinajstić information content (AvgIpc) is 2.29. The lowest BCUT2D eigenvalue weighted by molar-refractivity contribution is -0.137. The van der Waals surface area contributed by atoms with Crippen LogP contribution in [0.3, 0.4) is 0 Å². The molecule has 0 aliphatic carbocycles. The lowest BCUT2D eigenvalue weighted by Gasteiger charge is -2.24. The number of carboxylic acid groups (broad SMARTS) is 1. The lowest BCUT2D eigenvalue weighted by atomic mass is 10.0. The van der Waals surface area contributed by atoms with E-state index in [0.29, 0.717) is 12.4 Å². The largest absolute Gasteiger partial charge is 0.486 e. The van der Waals surface area contributed by atoms with Gasteiger partial charge in [-0.3, -0.25) is 4.79 Å². The van der Waals surface area contributed by atoms with Gasteiger partial charge in [0.1, 0.15) is 19.0 Å². The minimum atomic E-state index is -1.10. The second-order valence-electron chi connectivity index (χ2n) is 3.81. The maximum atomic E-state index is 14.0. The Labute approximate surface area is 111 Å². The summed E-state index contributed by atoms with van der Waals surface area (Å²) < 4.78 is 24.9. The first-order valence-corrected chi connectivity index (χ1v) is 6.05. The zero-order chi connectivity index (χ0) is 13.3. The Morgan fingerprint density at radius 2 is 2.22 bits per heavy atom. The van der Waals surface area contributed by atoms with Crippen LogP contribution in [0.1, 0.15) is 18.0 Å². The molecule has 0 saturated carbocycles. The van der Waals surface area contributed by atoms with Crippen LogP contribution in [0.4, 0.5) is 4.39 Å². The molecule has 0 aromatic heterocycles. The Morgan fingerprint density at radius 1 is 1.56 bits per heavy atom. The van der Waals surface area contributed by atoms with Crippen LogP contribution in [0, 0.1) is 5.82 Å². The van der Waals surface area contributed by atoms with Crippen LogP contribution in [0.5, 0.6) is 11.5 Å². The molecule has 0 amide bonds. The highest BCUT2D eigenvalue weighted by Crippen LogP contribution is 2.42. The zero-order valence-electron chi connectivity index (χ0n) is 9.28. The van der Waals surface area contributed by atoms with E-state index in [4.69, 9.17) is 20.3 Å². The Bertz CT molecular complexity index is 494. The van der Waals surface area contributed by atoms with Gasteiger partial charge in [-0.15, -0.1) is 0 Å². The molecule has 0 bridgehead atoms. The molecule has 1 heterocycles. The van der Waals surface area contributed by atoms with E-state index >= 15 is 0 Å². The Hall–Kier alpha value is -1.34. The SMILES string of the molecule is NC(CC(=O)O)c1c(F)c(Br)cc2c1OCCO2. The number of rotatable bonds is 3. The van der Waals surface area contributed by atoms with Gasteiger partial charge in [-0.2, -0.15) is 0 Å². The fourth-order valence-electron chi connectivity index (χ4n) is 1.78. The molecule has 1 aromatic rings. The van der Waals surface area contributed by atoms with Crippen molar-refractivity contribution in [2.45, 2.75) is 12.5 Å². The molecule has 98 valence electrons. The second kappa shape index (κ2) is 5.11. The number of benzene rings is 1. The number of hydrogen-bond donors (Lipinski definition) is 2. The van der Waals surface area contributed by atoms with Gasteiger partial charge in [0, 0.05) is 12.1 Å². The molecule has 1 unspecified atom stereocenters. The molecule has 1 aliphatic heterocycles. The van der Waals surface area contributed by atoms with E-state index in [9.17, 15) is 9.18 Å². The molecule has 1 atom stereocenters. The number of ether oxygens (including phenoxy) is 2. The number of halogens is 2. The standard InChI is InChI=1S/C11H11BrFNO4/c12-5-3-7-11(18-2-1-17-7)9(10(5)13)6(14)4-8(15)16/h3,6H,1-2,4,14H2,(H,15,16). The summed E-state index contributed by atoms with van der Waals surface area (Å²) in [5.41, 5.74) is 5.74. The number of carboxylic acids is 1. The van der Waals surface area contributed by atoms with E-state index in [0.717, 1.165) is 0 Å². The summed E-state index contributed by atoms with van der Waals surface area (Å²) in [4.78, 5) is 10.7. The number of nitrogens with two attached hydrogens (primary N) is 1. The summed E-state index contributed by atoms with van der Waals surface area (Å²) in [7, 11) is 0. The van der Waals surface area contributed by atoms with Crippen molar-refractivity contribution in [3.05, 3.63) is 21.9 Å². The first-order chi connectivity index (χ1) is 8.50. The third-order valence-corrected chi connectivity index (χ3v) is 3.10. The number of aliphatic carboxylic acids is 1. The molecule has 0 saturated heterocycles. The van der Waals surface area contributed by atoms with Gasteiger partial charge in [-0.05, 0) is 15.9 Å². The van der Waals surface area contributed by atoms with E-state index in [-0.39, 0.29) is 28.8 Å². The molecule has 1 aromatic carbocycles. The van der Waals surface area contributed by atoms with Crippen molar-refractivity contribution in [1.29, 1.82) is 0 Å². The van der Waals surface area contributed by atoms with Crippen LogP contribution >= 0.6 is 15.9 Å². The number of hydrogen-bond acceptors (Lipinski definition) is 4. The smallest absolute Gasteiger partial charge is 0.305 e. The van der Waals surface area contributed by atoms with Crippen LogP contribution in [-0.4, -0.2) is 24.3 Å². The van der Waals surface area contributed by atoms with E-state index in [1.165, 1.54) is 6.07 Å². The van der Waals surface area contributed by atoms with Gasteiger partial charge in [0.25, 0.3) is 0 Å². The van der Waals surface area contributed by atoms with Gasteiger partial charge < -0.3 is 20.3 Å². The van der Waals surface area contributed by atoms with Crippen molar-refractivity contribution in [1.82, 2.24) is 0 Å². The number of fused-ring (bicyclic) bond motifs is 1. The maximum Gasteiger partial charge on any atom is 0.305 e. The fraction of sp³-hybridized carbons (Fsp3) is 0.364. The first kappa shape index (κ1) is 13.1. The van der Waals surface area contributed by atoms with Gasteiger partial charge in [0.05, 0.1) is 16.5 Å². The summed E-state index contributed by atoms with van der Waals surface area (Å²) in [6, 6.07) is 0.455. The first-order valence-electron chi connectivity index (χ1n) is 5.25. The summed E-state index contributed by atoms with van der Waals surface area (Å²) in [6.07, 6.45) is -0.386. The molecule has 2 rings (SSSR count). The lowest BCUT2D eigenvalue weighted by Crippen LogP contribution is -2.22. The van der Waals surface area contributed by atoms with Crippen molar-refractivity contribution in [2.75, 3.05) is 13.2 Å². The normalized spacial score (nSPS) is 15.3. The average molecular weight is 320 g/mol. The highest BCUT2D eigenvalue weighted by molar-refractivity contribution is 9.10. The molecule has 18 heavy (non-hydrogen) atoms. The maximum absolute atomic E-state index is 14.0. The molecule has 7 heteroatoms. The summed E-state index contributed by atoms with van der Waals surface area (Å²) >= 11 is 3.05. The van der Waals surface area contributed by atoms with Gasteiger partial charge >= 0.3 is 5.97 Å². The van der Waals surface area contributed by atoms with Crippen molar-refractivity contribution in [2.24, 2.45) is 5.73 Å². The van der Waals surface area contributed by atoms with Crippen molar-refractivity contribution < 1.29 is 23.8 Å². The van der Waals surface area contributed by atoms with Gasteiger partial charge in [-0.1, -0.05) is 0 Å². The summed E-state index contributed by atoms with van der Waals surface area (Å²) in [5, 5.41) is 8.72. The highest BCUT2D eigenvalue weighted by atomic mass is 79.9. The minimum absolute atomic E-state index is 0.0291. The highest BCUT2D eigenvalue weighted by Gasteiger charge is 2.27. The molecule has 3 N–H and O–H groups in total. The molecule has 0 radical (unpaired) electrons. The Morgan fingerprint density at radius 3 is 2.89 bits per heavy atom. The topological polar surface area (TPSA) is 81.8 Å². The van der Waals surface area contributed by atoms with Gasteiger partial charge in [0.2, 0.25) is 0 Å². The molecule has 0 spiro atoms. The minimum Gasteiger partial charge on any atom is -0.486 e. The van der Waals surface area contributed by atoms with Crippen LogP contribution in [0.25, 0.3) is 0 Å². The van der Waals surface area contributed by atoms with Crippen molar-refractivity contribution in [3.63, 3.8) is 0 Å². The summed E-state index contributed by atoms with van der Waals surface area (Å²) in [6.45, 7) is 0.638. The predicted octanol–water partition coefficient (Wildman–Crippen LogP) is 1.83. The van der Waals surface area contributed by atoms with E-state index in [2.05, 4.69) is 15.9 Å². The van der Waals surface area contributed by atoms with Crippen LogP contribution in [0.2, 0.25) is 0 Å². The Balaban J connectivity index is 2.49. The van der Waals surface area contributed by atoms with Crippen molar-refractivity contribution >= 4 is 21.9 Å². The zero-order valence-corrected chi connectivity index (χ0v) is 10.9.